The zero-order valence-corrected chi connectivity index (χ0v) is 9.90. The van der Waals surface area contributed by atoms with Crippen LogP contribution in [-0.4, -0.2) is 6.04 Å². The predicted octanol–water partition coefficient (Wildman–Crippen LogP) is 3.51. The molecule has 0 aromatic rings. The minimum atomic E-state index is 0. The number of nitrogens with two attached hydrogens (primary N) is 1. The van der Waals surface area contributed by atoms with Crippen molar-refractivity contribution >= 4 is 12.4 Å². The first-order valence-electron chi connectivity index (χ1n) is 6.10. The second kappa shape index (κ2) is 5.97. The molecule has 0 aromatic heterocycles. The van der Waals surface area contributed by atoms with E-state index in [4.69, 9.17) is 5.73 Å². The van der Waals surface area contributed by atoms with Gasteiger partial charge in [-0.25, -0.2) is 0 Å². The van der Waals surface area contributed by atoms with Crippen LogP contribution in [0.1, 0.15) is 57.8 Å². The largest absolute Gasteiger partial charge is 0.328 e. The standard InChI is InChI=1S/C12H23N.ClH/c13-12-7-5-11(6-8-12)9-10-3-1-2-4-10;/h10-12H,1-9,13H2;1H. The van der Waals surface area contributed by atoms with E-state index < -0.39 is 0 Å². The Hall–Kier alpha value is 0.250. The SMILES string of the molecule is Cl.NC1CCC(CC2CCCC2)CC1. The maximum Gasteiger partial charge on any atom is 0.00390 e. The molecule has 0 saturated heterocycles. The van der Waals surface area contributed by atoms with Crippen molar-refractivity contribution in [2.75, 3.05) is 0 Å². The van der Waals surface area contributed by atoms with Gasteiger partial charge in [-0.1, -0.05) is 25.7 Å². The van der Waals surface area contributed by atoms with Crippen molar-refractivity contribution in [3.05, 3.63) is 0 Å². The van der Waals surface area contributed by atoms with Crippen molar-refractivity contribution in [2.45, 2.75) is 63.8 Å². The second-order valence-corrected chi connectivity index (χ2v) is 5.17. The average molecular weight is 218 g/mol. The minimum absolute atomic E-state index is 0. The molecular weight excluding hydrogens is 194 g/mol. The molecule has 2 saturated carbocycles. The van der Waals surface area contributed by atoms with E-state index in [2.05, 4.69) is 0 Å². The highest BCUT2D eigenvalue weighted by Gasteiger charge is 2.23. The summed E-state index contributed by atoms with van der Waals surface area (Å²) in [6.07, 6.45) is 13.0. The first-order valence-corrected chi connectivity index (χ1v) is 6.10. The molecule has 2 N–H and O–H groups in total. The highest BCUT2D eigenvalue weighted by molar-refractivity contribution is 5.85. The van der Waals surface area contributed by atoms with Gasteiger partial charge in [-0.15, -0.1) is 12.4 Å². The molecular formula is C12H24ClN. The van der Waals surface area contributed by atoms with Crippen LogP contribution in [0.2, 0.25) is 0 Å². The van der Waals surface area contributed by atoms with Gasteiger partial charge in [-0.3, -0.25) is 0 Å². The Morgan fingerprint density at radius 1 is 0.786 bits per heavy atom. The van der Waals surface area contributed by atoms with Crippen LogP contribution in [-0.2, 0) is 0 Å². The molecule has 0 radical (unpaired) electrons. The molecule has 2 aliphatic rings. The smallest absolute Gasteiger partial charge is 0.00390 e. The van der Waals surface area contributed by atoms with Crippen molar-refractivity contribution in [3.63, 3.8) is 0 Å². The first-order chi connectivity index (χ1) is 6.34. The van der Waals surface area contributed by atoms with Gasteiger partial charge in [0.25, 0.3) is 0 Å². The van der Waals surface area contributed by atoms with E-state index in [1.165, 1.54) is 57.8 Å². The molecule has 2 heteroatoms. The van der Waals surface area contributed by atoms with Crippen LogP contribution in [0.4, 0.5) is 0 Å². The molecule has 0 amide bonds. The van der Waals surface area contributed by atoms with Crippen LogP contribution in [0.25, 0.3) is 0 Å². The van der Waals surface area contributed by atoms with Gasteiger partial charge in [0.2, 0.25) is 0 Å². The molecule has 0 spiro atoms. The lowest BCUT2D eigenvalue weighted by Crippen LogP contribution is -2.27. The number of hydrogen-bond donors (Lipinski definition) is 1. The van der Waals surface area contributed by atoms with Crippen LogP contribution < -0.4 is 5.73 Å². The molecule has 2 rings (SSSR count). The second-order valence-electron chi connectivity index (χ2n) is 5.17. The fourth-order valence-corrected chi connectivity index (χ4v) is 3.14. The van der Waals surface area contributed by atoms with E-state index in [0.29, 0.717) is 6.04 Å². The van der Waals surface area contributed by atoms with Crippen LogP contribution in [0.3, 0.4) is 0 Å². The Kier molecular flexibility index (Phi) is 5.25. The predicted molar refractivity (Wildman–Crippen MR) is 63.8 cm³/mol. The Morgan fingerprint density at radius 3 is 1.86 bits per heavy atom. The van der Waals surface area contributed by atoms with Crippen molar-refractivity contribution in [3.8, 4) is 0 Å². The molecule has 1 nitrogen and oxygen atoms in total. The third-order valence-corrected chi connectivity index (χ3v) is 4.03. The van der Waals surface area contributed by atoms with E-state index in [-0.39, 0.29) is 12.4 Å². The van der Waals surface area contributed by atoms with Gasteiger partial charge in [0.05, 0.1) is 0 Å². The molecule has 2 aliphatic carbocycles. The number of halogens is 1. The summed E-state index contributed by atoms with van der Waals surface area (Å²) in [6.45, 7) is 0. The lowest BCUT2D eigenvalue weighted by Gasteiger charge is -2.27. The molecule has 0 unspecified atom stereocenters. The summed E-state index contributed by atoms with van der Waals surface area (Å²) < 4.78 is 0. The van der Waals surface area contributed by atoms with Gasteiger partial charge in [-0.05, 0) is 43.9 Å². The van der Waals surface area contributed by atoms with Crippen molar-refractivity contribution in [1.82, 2.24) is 0 Å². The number of rotatable bonds is 2. The van der Waals surface area contributed by atoms with Crippen LogP contribution in [0, 0.1) is 11.8 Å². The van der Waals surface area contributed by atoms with Gasteiger partial charge in [0.15, 0.2) is 0 Å². The van der Waals surface area contributed by atoms with Gasteiger partial charge in [-0.2, -0.15) is 0 Å². The van der Waals surface area contributed by atoms with Crippen LogP contribution >= 0.6 is 12.4 Å². The van der Waals surface area contributed by atoms with Crippen molar-refractivity contribution in [2.24, 2.45) is 17.6 Å². The average Bonchev–Trinajstić information content (AvgIpc) is 2.62. The Bertz CT molecular complexity index is 146. The summed E-state index contributed by atoms with van der Waals surface area (Å²) in [5.74, 6) is 2.11. The highest BCUT2D eigenvalue weighted by atomic mass is 35.5. The maximum absolute atomic E-state index is 5.91. The highest BCUT2D eigenvalue weighted by Crippen LogP contribution is 2.35. The molecule has 84 valence electrons. The van der Waals surface area contributed by atoms with E-state index in [0.717, 1.165) is 11.8 Å². The Morgan fingerprint density at radius 2 is 1.29 bits per heavy atom. The fraction of sp³-hybridized carbons (Fsp3) is 1.00. The van der Waals surface area contributed by atoms with E-state index in [1.807, 2.05) is 0 Å². The molecule has 0 heterocycles. The first kappa shape index (κ1) is 12.3. The molecule has 0 bridgehead atoms. The van der Waals surface area contributed by atoms with E-state index >= 15 is 0 Å². The van der Waals surface area contributed by atoms with Gasteiger partial charge in [0.1, 0.15) is 0 Å². The lowest BCUT2D eigenvalue weighted by atomic mass is 9.80. The number of hydrogen-bond acceptors (Lipinski definition) is 1. The summed E-state index contributed by atoms with van der Waals surface area (Å²) in [5.41, 5.74) is 5.91. The maximum atomic E-state index is 5.91. The molecule has 0 aliphatic heterocycles. The summed E-state index contributed by atoms with van der Waals surface area (Å²) in [5, 5.41) is 0. The fourth-order valence-electron chi connectivity index (χ4n) is 3.14. The topological polar surface area (TPSA) is 26.0 Å². The molecule has 2 fully saturated rings. The van der Waals surface area contributed by atoms with E-state index in [9.17, 15) is 0 Å². The third-order valence-electron chi connectivity index (χ3n) is 4.03. The normalized spacial score (nSPS) is 34.1. The molecule has 14 heavy (non-hydrogen) atoms. The summed E-state index contributed by atoms with van der Waals surface area (Å²) in [4.78, 5) is 0. The van der Waals surface area contributed by atoms with Crippen LogP contribution in [0.5, 0.6) is 0 Å². The van der Waals surface area contributed by atoms with Crippen molar-refractivity contribution < 1.29 is 0 Å². The zero-order chi connectivity index (χ0) is 9.10. The summed E-state index contributed by atoms with van der Waals surface area (Å²) in [7, 11) is 0. The molecule has 0 aromatic carbocycles. The Labute approximate surface area is 94.2 Å². The quantitative estimate of drug-likeness (QED) is 0.753. The van der Waals surface area contributed by atoms with Gasteiger partial charge < -0.3 is 5.73 Å². The summed E-state index contributed by atoms with van der Waals surface area (Å²) >= 11 is 0. The van der Waals surface area contributed by atoms with Gasteiger partial charge in [0, 0.05) is 6.04 Å². The molecule has 0 atom stereocenters. The summed E-state index contributed by atoms with van der Waals surface area (Å²) in [6, 6.07) is 0.528. The Balaban J connectivity index is 0.000000980. The van der Waals surface area contributed by atoms with E-state index in [1.54, 1.807) is 0 Å². The van der Waals surface area contributed by atoms with Gasteiger partial charge >= 0.3 is 0 Å². The zero-order valence-electron chi connectivity index (χ0n) is 9.08. The third kappa shape index (κ3) is 3.43. The van der Waals surface area contributed by atoms with Crippen LogP contribution in [0.15, 0.2) is 0 Å². The van der Waals surface area contributed by atoms with Crippen molar-refractivity contribution in [1.29, 1.82) is 0 Å². The monoisotopic (exact) mass is 217 g/mol. The minimum Gasteiger partial charge on any atom is -0.328 e. The lowest BCUT2D eigenvalue weighted by molar-refractivity contribution is 0.271.